The van der Waals surface area contributed by atoms with Crippen LogP contribution in [0.4, 0.5) is 5.69 Å². The smallest absolute Gasteiger partial charge is 0.337 e. The molecule has 3 rings (SSSR count). The second kappa shape index (κ2) is 7.68. The predicted octanol–water partition coefficient (Wildman–Crippen LogP) is 4.95. The molecule has 2 N–H and O–H groups in total. The lowest BCUT2D eigenvalue weighted by molar-refractivity contribution is 0.0695. The summed E-state index contributed by atoms with van der Waals surface area (Å²) in [4.78, 5) is 25.3. The number of allylic oxidation sites excluding steroid dienone is 1. The first kappa shape index (κ1) is 20.6. The Morgan fingerprint density at radius 1 is 1.17 bits per heavy atom. The van der Waals surface area contributed by atoms with Gasteiger partial charge in [-0.1, -0.05) is 35.5 Å². The zero-order valence-corrected chi connectivity index (χ0v) is 16.9. The van der Waals surface area contributed by atoms with Crippen molar-refractivity contribution < 1.29 is 24.5 Å². The number of benzene rings is 2. The molecule has 2 aromatic rings. The second-order valence-corrected chi connectivity index (χ2v) is 7.11. The Morgan fingerprint density at radius 3 is 2.41 bits per heavy atom. The second-order valence-electron chi connectivity index (χ2n) is 6.33. The highest BCUT2D eigenvalue weighted by Gasteiger charge is 2.29. The highest BCUT2D eigenvalue weighted by Crippen LogP contribution is 2.43. The number of carboxylic acid groups (broad SMARTS) is 2. The van der Waals surface area contributed by atoms with E-state index in [1.807, 2.05) is 25.1 Å². The van der Waals surface area contributed by atoms with Gasteiger partial charge in [0.1, 0.15) is 5.75 Å². The molecule has 0 aliphatic carbocycles. The van der Waals surface area contributed by atoms with Crippen molar-refractivity contribution in [2.45, 2.75) is 0 Å². The normalized spacial score (nSPS) is 12.3. The number of halogens is 2. The lowest BCUT2D eigenvalue weighted by Crippen LogP contribution is -2.12. The molecule has 1 aliphatic heterocycles. The predicted molar refractivity (Wildman–Crippen MR) is 112 cm³/mol. The van der Waals surface area contributed by atoms with E-state index in [2.05, 4.69) is 12.3 Å². The molecule has 2 aromatic carbocycles. The maximum absolute atomic E-state index is 12.0. The molecule has 0 spiro atoms. The van der Waals surface area contributed by atoms with E-state index in [0.29, 0.717) is 16.9 Å². The summed E-state index contributed by atoms with van der Waals surface area (Å²) >= 11 is 12.5. The standard InChI is InChI=1S/C21H15Cl2NO5/c1-4-11-8-13(12-6-5-10(24(2)3)7-16(12)29-11)17-15(22)9-14(20(25)26)19(23)18(17)21(27)28/h4-7,9H,1H2,2-3H3,(H,25,26)(H,27,28). The van der Waals surface area contributed by atoms with Gasteiger partial charge in [0, 0.05) is 42.5 Å². The number of nitrogens with zero attached hydrogens (tertiary/aromatic N) is 1. The topological polar surface area (TPSA) is 87.1 Å². The largest absolute Gasteiger partial charge is 0.478 e. The fourth-order valence-electron chi connectivity index (χ4n) is 2.93. The fraction of sp³-hybridized carbons (Fsp3) is 0.0952. The van der Waals surface area contributed by atoms with E-state index in [1.165, 1.54) is 6.08 Å². The minimum Gasteiger partial charge on any atom is -0.478 e. The van der Waals surface area contributed by atoms with Gasteiger partial charge in [-0.3, -0.25) is 0 Å². The molecular weight excluding hydrogens is 417 g/mol. The molecule has 0 radical (unpaired) electrons. The molecule has 1 heterocycles. The van der Waals surface area contributed by atoms with Crippen molar-refractivity contribution >= 4 is 46.4 Å². The van der Waals surface area contributed by atoms with Crippen molar-refractivity contribution in [2.75, 3.05) is 19.0 Å². The molecule has 6 nitrogen and oxygen atoms in total. The van der Waals surface area contributed by atoms with Crippen LogP contribution < -0.4 is 9.64 Å². The number of carbonyl (C=O) groups is 2. The van der Waals surface area contributed by atoms with Gasteiger partial charge in [0.15, 0.2) is 5.76 Å². The van der Waals surface area contributed by atoms with E-state index in [-0.39, 0.29) is 16.3 Å². The van der Waals surface area contributed by atoms with Gasteiger partial charge in [-0.05, 0) is 24.3 Å². The number of carboxylic acids is 2. The highest BCUT2D eigenvalue weighted by atomic mass is 35.5. The highest BCUT2D eigenvalue weighted by molar-refractivity contribution is 6.39. The van der Waals surface area contributed by atoms with Crippen molar-refractivity contribution in [3.8, 4) is 5.75 Å². The van der Waals surface area contributed by atoms with Crippen molar-refractivity contribution in [2.24, 2.45) is 0 Å². The Kier molecular flexibility index (Phi) is 5.44. The van der Waals surface area contributed by atoms with E-state index in [9.17, 15) is 19.8 Å². The first-order valence-corrected chi connectivity index (χ1v) is 9.03. The van der Waals surface area contributed by atoms with Gasteiger partial charge >= 0.3 is 11.9 Å². The minimum atomic E-state index is -1.41. The first-order chi connectivity index (χ1) is 13.6. The SMILES string of the molecule is C=CC1=C=C(c2c(Cl)cc(C(=O)O)c(Cl)c2C(=O)O)c2ccc(N(C)C)cc2O1. The lowest BCUT2D eigenvalue weighted by atomic mass is 9.91. The van der Waals surface area contributed by atoms with Gasteiger partial charge in [-0.25, -0.2) is 9.59 Å². The van der Waals surface area contributed by atoms with Crippen molar-refractivity contribution in [3.63, 3.8) is 0 Å². The van der Waals surface area contributed by atoms with Gasteiger partial charge in [-0.2, -0.15) is 0 Å². The molecule has 1 aliphatic rings. The Balaban J connectivity index is 2.40. The molecule has 0 amide bonds. The molecule has 0 unspecified atom stereocenters. The quantitative estimate of drug-likeness (QED) is 0.651. The number of hydrogen-bond acceptors (Lipinski definition) is 4. The maximum atomic E-state index is 12.0. The Bertz CT molecular complexity index is 1140. The number of aromatic carboxylic acids is 2. The third kappa shape index (κ3) is 3.61. The fourth-order valence-corrected chi connectivity index (χ4v) is 3.54. The van der Waals surface area contributed by atoms with Gasteiger partial charge in [-0.15, -0.1) is 0 Å². The monoisotopic (exact) mass is 431 g/mol. The van der Waals surface area contributed by atoms with Crippen molar-refractivity contribution in [1.29, 1.82) is 0 Å². The molecule has 0 atom stereocenters. The maximum Gasteiger partial charge on any atom is 0.337 e. The Hall–Kier alpha value is -3.18. The third-order valence-electron chi connectivity index (χ3n) is 4.31. The van der Waals surface area contributed by atoms with Crippen molar-refractivity contribution in [1.82, 2.24) is 0 Å². The van der Waals surface area contributed by atoms with E-state index in [1.54, 1.807) is 12.1 Å². The number of hydrogen-bond donors (Lipinski definition) is 2. The van der Waals surface area contributed by atoms with Gasteiger partial charge < -0.3 is 19.8 Å². The van der Waals surface area contributed by atoms with Crippen LogP contribution >= 0.6 is 23.2 Å². The summed E-state index contributed by atoms with van der Waals surface area (Å²) < 4.78 is 5.78. The average Bonchev–Trinajstić information content (AvgIpc) is 2.67. The number of rotatable bonds is 5. The summed E-state index contributed by atoms with van der Waals surface area (Å²) in [5.41, 5.74) is 3.89. The summed E-state index contributed by atoms with van der Waals surface area (Å²) in [7, 11) is 3.74. The molecular formula is C21H15Cl2NO5. The van der Waals surface area contributed by atoms with Crippen LogP contribution in [0.15, 0.2) is 48.4 Å². The summed E-state index contributed by atoms with van der Waals surface area (Å²) in [6.07, 6.45) is 1.42. The van der Waals surface area contributed by atoms with Gasteiger partial charge in [0.2, 0.25) is 0 Å². The molecule has 0 bridgehead atoms. The van der Waals surface area contributed by atoms with Crippen LogP contribution in [0.2, 0.25) is 10.0 Å². The van der Waals surface area contributed by atoms with Gasteiger partial charge in [0.05, 0.1) is 21.2 Å². The third-order valence-corrected chi connectivity index (χ3v) is 5.01. The van der Waals surface area contributed by atoms with Crippen LogP contribution in [0.5, 0.6) is 5.75 Å². The summed E-state index contributed by atoms with van der Waals surface area (Å²) in [6, 6.07) is 6.47. The Morgan fingerprint density at radius 2 is 1.86 bits per heavy atom. The molecule has 0 aromatic heterocycles. The van der Waals surface area contributed by atoms with Crippen molar-refractivity contribution in [3.05, 3.63) is 80.7 Å². The van der Waals surface area contributed by atoms with E-state index in [0.717, 1.165) is 11.8 Å². The zero-order chi connectivity index (χ0) is 21.5. The summed E-state index contributed by atoms with van der Waals surface area (Å²) in [5.74, 6) is -2.09. The molecule has 29 heavy (non-hydrogen) atoms. The van der Waals surface area contributed by atoms with Gasteiger partial charge in [0.25, 0.3) is 0 Å². The van der Waals surface area contributed by atoms with Crippen LogP contribution in [-0.4, -0.2) is 36.2 Å². The Labute approximate surface area is 176 Å². The van der Waals surface area contributed by atoms with E-state index < -0.39 is 28.1 Å². The number of anilines is 1. The molecule has 8 heteroatoms. The van der Waals surface area contributed by atoms with Crippen LogP contribution in [-0.2, 0) is 0 Å². The van der Waals surface area contributed by atoms with Crippen LogP contribution in [0, 0.1) is 0 Å². The first-order valence-electron chi connectivity index (χ1n) is 8.27. The van der Waals surface area contributed by atoms with Crippen LogP contribution in [0.25, 0.3) is 5.57 Å². The van der Waals surface area contributed by atoms with Crippen LogP contribution in [0.3, 0.4) is 0 Å². The number of ether oxygens (including phenoxy) is 1. The molecule has 0 saturated heterocycles. The molecule has 148 valence electrons. The summed E-state index contributed by atoms with van der Waals surface area (Å²) in [5, 5.41) is 18.6. The lowest BCUT2D eigenvalue weighted by Gasteiger charge is -2.22. The minimum absolute atomic E-state index is 0.0515. The molecule has 0 saturated carbocycles. The average molecular weight is 432 g/mol. The van der Waals surface area contributed by atoms with E-state index in [4.69, 9.17) is 27.9 Å². The zero-order valence-electron chi connectivity index (χ0n) is 15.4. The summed E-state index contributed by atoms with van der Waals surface area (Å²) in [6.45, 7) is 3.68. The van der Waals surface area contributed by atoms with Crippen LogP contribution in [0.1, 0.15) is 31.8 Å². The molecule has 0 fully saturated rings. The number of fused-ring (bicyclic) bond motifs is 1. The van der Waals surface area contributed by atoms with E-state index >= 15 is 0 Å².